The monoisotopic (exact) mass is 278 g/mol. The van der Waals surface area contributed by atoms with Gasteiger partial charge in [0, 0.05) is 36.2 Å². The van der Waals surface area contributed by atoms with Gasteiger partial charge in [0.25, 0.3) is 0 Å². The summed E-state index contributed by atoms with van der Waals surface area (Å²) < 4.78 is 0. The minimum atomic E-state index is 0.290. The first-order valence-corrected chi connectivity index (χ1v) is 8.37. The lowest BCUT2D eigenvalue weighted by Gasteiger charge is -2.38. The molecule has 1 saturated heterocycles. The Labute approximate surface area is 121 Å². The summed E-state index contributed by atoms with van der Waals surface area (Å²) in [7, 11) is 0. The van der Waals surface area contributed by atoms with Gasteiger partial charge in [-0.3, -0.25) is 4.90 Å². The van der Waals surface area contributed by atoms with Gasteiger partial charge in [0.2, 0.25) is 0 Å². The Morgan fingerprint density at radius 1 is 1.32 bits per heavy atom. The summed E-state index contributed by atoms with van der Waals surface area (Å²) in [6.07, 6.45) is 2.17. The quantitative estimate of drug-likeness (QED) is 0.898. The van der Waals surface area contributed by atoms with E-state index in [1.165, 1.54) is 17.9 Å². The van der Waals surface area contributed by atoms with Crippen LogP contribution in [0.15, 0.2) is 30.3 Å². The molecular weight excluding hydrogens is 252 g/mol. The fourth-order valence-electron chi connectivity index (χ4n) is 2.64. The first-order valence-electron chi connectivity index (χ1n) is 7.32. The molecule has 3 heteroatoms. The fraction of sp³-hybridized carbons (Fsp3) is 0.625. The summed E-state index contributed by atoms with van der Waals surface area (Å²) >= 11 is 2.08. The molecule has 19 heavy (non-hydrogen) atoms. The van der Waals surface area contributed by atoms with E-state index in [0.717, 1.165) is 24.6 Å². The molecule has 2 N–H and O–H groups in total. The van der Waals surface area contributed by atoms with Crippen molar-refractivity contribution in [3.05, 3.63) is 35.9 Å². The van der Waals surface area contributed by atoms with Crippen LogP contribution in [0.1, 0.15) is 25.8 Å². The second-order valence-corrected chi connectivity index (χ2v) is 7.08. The molecule has 0 aliphatic carbocycles. The Hall–Kier alpha value is -0.510. The lowest BCUT2D eigenvalue weighted by Crippen LogP contribution is -2.49. The zero-order valence-corrected chi connectivity index (χ0v) is 12.9. The van der Waals surface area contributed by atoms with E-state index in [4.69, 9.17) is 5.73 Å². The highest BCUT2D eigenvalue weighted by atomic mass is 32.2. The van der Waals surface area contributed by atoms with Crippen molar-refractivity contribution in [1.29, 1.82) is 0 Å². The molecule has 0 spiro atoms. The van der Waals surface area contributed by atoms with Crippen molar-refractivity contribution in [2.24, 2.45) is 5.73 Å². The average Bonchev–Trinajstić information content (AvgIpc) is 2.43. The highest BCUT2D eigenvalue weighted by molar-refractivity contribution is 8.00. The lowest BCUT2D eigenvalue weighted by molar-refractivity contribution is 0.198. The van der Waals surface area contributed by atoms with Gasteiger partial charge in [-0.05, 0) is 25.3 Å². The molecule has 0 saturated carbocycles. The van der Waals surface area contributed by atoms with Gasteiger partial charge in [-0.25, -0.2) is 0 Å². The van der Waals surface area contributed by atoms with Crippen LogP contribution in [0.2, 0.25) is 0 Å². The molecule has 2 nitrogen and oxygen atoms in total. The zero-order valence-electron chi connectivity index (χ0n) is 12.1. The van der Waals surface area contributed by atoms with E-state index in [-0.39, 0.29) is 6.04 Å². The molecule has 1 heterocycles. The van der Waals surface area contributed by atoms with Gasteiger partial charge in [-0.15, -0.1) is 0 Å². The van der Waals surface area contributed by atoms with Crippen LogP contribution >= 0.6 is 11.8 Å². The molecule has 1 fully saturated rings. The number of benzene rings is 1. The van der Waals surface area contributed by atoms with E-state index in [0.29, 0.717) is 6.04 Å². The lowest BCUT2D eigenvalue weighted by atomic mass is 10.0. The van der Waals surface area contributed by atoms with Crippen molar-refractivity contribution in [3.63, 3.8) is 0 Å². The van der Waals surface area contributed by atoms with Gasteiger partial charge in [-0.2, -0.15) is 11.8 Å². The Bertz CT molecular complexity index is 368. The van der Waals surface area contributed by atoms with E-state index in [1.807, 2.05) is 0 Å². The number of nitrogens with zero attached hydrogens (tertiary/aromatic N) is 1. The number of nitrogens with two attached hydrogens (primary N) is 1. The molecule has 0 aromatic heterocycles. The molecule has 3 atom stereocenters. The van der Waals surface area contributed by atoms with Crippen molar-refractivity contribution in [3.8, 4) is 0 Å². The predicted molar refractivity (Wildman–Crippen MR) is 85.7 cm³/mol. The molecule has 1 aliphatic heterocycles. The first kappa shape index (κ1) is 14.9. The largest absolute Gasteiger partial charge is 0.327 e. The van der Waals surface area contributed by atoms with Crippen LogP contribution in [-0.2, 0) is 6.42 Å². The maximum Gasteiger partial charge on any atom is 0.0184 e. The molecule has 0 amide bonds. The van der Waals surface area contributed by atoms with Crippen molar-refractivity contribution in [2.75, 3.05) is 18.8 Å². The normalized spacial score (nSPS) is 26.3. The molecule has 0 bridgehead atoms. The van der Waals surface area contributed by atoms with Crippen LogP contribution in [0.4, 0.5) is 0 Å². The van der Waals surface area contributed by atoms with Gasteiger partial charge >= 0.3 is 0 Å². The summed E-state index contributed by atoms with van der Waals surface area (Å²) in [6, 6.07) is 11.6. The van der Waals surface area contributed by atoms with Gasteiger partial charge in [0.15, 0.2) is 0 Å². The topological polar surface area (TPSA) is 29.3 Å². The van der Waals surface area contributed by atoms with Crippen LogP contribution in [-0.4, -0.2) is 41.1 Å². The molecule has 1 aliphatic rings. The summed E-state index contributed by atoms with van der Waals surface area (Å²) in [5, 5.41) is 0.732. The van der Waals surface area contributed by atoms with Crippen LogP contribution < -0.4 is 5.73 Å². The van der Waals surface area contributed by atoms with Crippen molar-refractivity contribution in [2.45, 2.75) is 44.0 Å². The highest BCUT2D eigenvalue weighted by Crippen LogP contribution is 2.24. The summed E-state index contributed by atoms with van der Waals surface area (Å²) in [4.78, 5) is 2.57. The molecule has 0 radical (unpaired) electrons. The zero-order chi connectivity index (χ0) is 13.7. The average molecular weight is 278 g/mol. The number of thioether (sulfide) groups is 1. The van der Waals surface area contributed by atoms with Crippen LogP contribution in [0.3, 0.4) is 0 Å². The Balaban J connectivity index is 1.76. The molecule has 106 valence electrons. The van der Waals surface area contributed by atoms with E-state index >= 15 is 0 Å². The second-order valence-electron chi connectivity index (χ2n) is 5.60. The minimum absolute atomic E-state index is 0.290. The summed E-state index contributed by atoms with van der Waals surface area (Å²) in [5.41, 5.74) is 7.71. The molecule has 1 aromatic carbocycles. The van der Waals surface area contributed by atoms with E-state index in [1.54, 1.807) is 0 Å². The molecule has 3 unspecified atom stereocenters. The van der Waals surface area contributed by atoms with Gasteiger partial charge in [-0.1, -0.05) is 37.3 Å². The maximum absolute atomic E-state index is 6.31. The van der Waals surface area contributed by atoms with E-state index in [2.05, 4.69) is 60.8 Å². The predicted octanol–water partition coefficient (Wildman–Crippen LogP) is 2.77. The Kier molecular flexibility index (Phi) is 5.74. The minimum Gasteiger partial charge on any atom is -0.327 e. The molecular formula is C16H26N2S. The summed E-state index contributed by atoms with van der Waals surface area (Å²) in [6.45, 7) is 6.89. The van der Waals surface area contributed by atoms with Gasteiger partial charge < -0.3 is 5.73 Å². The van der Waals surface area contributed by atoms with E-state index in [9.17, 15) is 0 Å². The molecule has 1 aromatic rings. The van der Waals surface area contributed by atoms with Crippen molar-refractivity contribution in [1.82, 2.24) is 4.90 Å². The standard InChI is InChI=1S/C16H26N2S/c1-13-14(2)19-11-10-18(13)12-16(17)9-8-15-6-4-3-5-7-15/h3-7,13-14,16H,8-12,17H2,1-2H3. The van der Waals surface area contributed by atoms with E-state index < -0.39 is 0 Å². The third-order valence-corrected chi connectivity index (χ3v) is 5.47. The number of rotatable bonds is 5. The van der Waals surface area contributed by atoms with Crippen molar-refractivity contribution >= 4 is 11.8 Å². The Morgan fingerprint density at radius 2 is 2.05 bits per heavy atom. The third kappa shape index (κ3) is 4.51. The molecule has 2 rings (SSSR count). The summed E-state index contributed by atoms with van der Waals surface area (Å²) in [5.74, 6) is 1.25. The SMILES string of the molecule is CC1SCCN(CC(N)CCc2ccccc2)C1C. The van der Waals surface area contributed by atoms with Gasteiger partial charge in [0.1, 0.15) is 0 Å². The highest BCUT2D eigenvalue weighted by Gasteiger charge is 2.25. The van der Waals surface area contributed by atoms with Crippen LogP contribution in [0, 0.1) is 0 Å². The third-order valence-electron chi connectivity index (χ3n) is 4.13. The smallest absolute Gasteiger partial charge is 0.0184 e. The van der Waals surface area contributed by atoms with Gasteiger partial charge in [0.05, 0.1) is 0 Å². The first-order chi connectivity index (χ1) is 9.16. The fourth-order valence-corrected chi connectivity index (χ4v) is 3.80. The second kappa shape index (κ2) is 7.32. The number of hydrogen-bond acceptors (Lipinski definition) is 3. The maximum atomic E-state index is 6.31. The number of aryl methyl sites for hydroxylation is 1. The van der Waals surface area contributed by atoms with Crippen LogP contribution in [0.25, 0.3) is 0 Å². The van der Waals surface area contributed by atoms with Crippen molar-refractivity contribution < 1.29 is 0 Å². The van der Waals surface area contributed by atoms with Crippen LogP contribution in [0.5, 0.6) is 0 Å². The Morgan fingerprint density at radius 3 is 2.79 bits per heavy atom. The number of hydrogen-bond donors (Lipinski definition) is 1.